The number of Topliss-reactive ketones (excluding diaryl/α,β-unsaturated/α-hetero) is 1. The molecule has 1 unspecified atom stereocenters. The molecule has 1 aliphatic heterocycles. The lowest BCUT2D eigenvalue weighted by Gasteiger charge is -2.35. The van der Waals surface area contributed by atoms with Gasteiger partial charge in [0.1, 0.15) is 5.82 Å². The molecule has 2 aromatic carbocycles. The van der Waals surface area contributed by atoms with E-state index in [0.717, 1.165) is 36.4 Å². The Bertz CT molecular complexity index is 1350. The minimum absolute atomic E-state index is 0.126. The molecule has 4 rings (SSSR count). The first-order valence-corrected chi connectivity index (χ1v) is 11.9. The van der Waals surface area contributed by atoms with E-state index in [1.165, 1.54) is 16.9 Å². The van der Waals surface area contributed by atoms with E-state index in [1.807, 2.05) is 0 Å². The standard InChI is InChI=1S/C23H21F4N3O4S/c1-21(2)11-17-19(18(31)12-21)22(23(25,26)27,20(32)30(17)15-7-3-13(24)4-8-15)29-35(33,34)16-9-5-14(28)6-10-16/h3-10,29H,11-12,28H2,1-2H3. The van der Waals surface area contributed by atoms with Gasteiger partial charge in [-0.15, -0.1) is 0 Å². The molecule has 0 saturated heterocycles. The largest absolute Gasteiger partial charge is 0.421 e. The van der Waals surface area contributed by atoms with E-state index in [0.29, 0.717) is 4.90 Å². The van der Waals surface area contributed by atoms with Gasteiger partial charge in [-0.05, 0) is 60.4 Å². The maximum atomic E-state index is 14.8. The Kier molecular flexibility index (Phi) is 5.60. The number of nitrogen functional groups attached to an aromatic ring is 1. The number of nitrogens with one attached hydrogen (secondary N) is 1. The molecular weight excluding hydrogens is 490 g/mol. The first kappa shape index (κ1) is 24.9. The summed E-state index contributed by atoms with van der Waals surface area (Å²) in [6.07, 6.45) is -5.99. The molecule has 1 amide bonds. The molecular formula is C23H21F4N3O4S. The van der Waals surface area contributed by atoms with E-state index in [2.05, 4.69) is 0 Å². The summed E-state index contributed by atoms with van der Waals surface area (Å²) in [5, 5.41) is 0. The van der Waals surface area contributed by atoms with Gasteiger partial charge in [0.15, 0.2) is 5.78 Å². The number of carbonyl (C=O) groups is 2. The lowest BCUT2D eigenvalue weighted by Crippen LogP contribution is -2.66. The predicted octanol–water partition coefficient (Wildman–Crippen LogP) is 3.68. The number of carbonyl (C=O) groups excluding carboxylic acids is 2. The number of benzene rings is 2. The lowest BCUT2D eigenvalue weighted by atomic mass is 9.72. The van der Waals surface area contributed by atoms with E-state index in [1.54, 1.807) is 13.8 Å². The predicted molar refractivity (Wildman–Crippen MR) is 119 cm³/mol. The van der Waals surface area contributed by atoms with Crippen molar-refractivity contribution < 1.29 is 35.6 Å². The highest BCUT2D eigenvalue weighted by molar-refractivity contribution is 7.89. The monoisotopic (exact) mass is 511 g/mol. The molecule has 0 spiro atoms. The van der Waals surface area contributed by atoms with E-state index in [-0.39, 0.29) is 29.9 Å². The molecule has 0 bridgehead atoms. The first-order chi connectivity index (χ1) is 16.1. The number of allylic oxidation sites excluding steroid dienone is 1. The van der Waals surface area contributed by atoms with E-state index in [4.69, 9.17) is 5.73 Å². The minimum Gasteiger partial charge on any atom is -0.399 e. The SMILES string of the molecule is CC1(C)CC(=O)C2=C(C1)N(c1ccc(F)cc1)C(=O)C2(NS(=O)(=O)c1ccc(N)cc1)C(F)(F)F. The Balaban J connectivity index is 1.98. The van der Waals surface area contributed by atoms with Gasteiger partial charge in [-0.25, -0.2) is 12.8 Å². The van der Waals surface area contributed by atoms with Crippen LogP contribution < -0.4 is 15.4 Å². The molecule has 1 atom stereocenters. The summed E-state index contributed by atoms with van der Waals surface area (Å²) in [5.74, 6) is -3.42. The quantitative estimate of drug-likeness (QED) is 0.481. The van der Waals surface area contributed by atoms with E-state index in [9.17, 15) is 35.6 Å². The van der Waals surface area contributed by atoms with Crippen molar-refractivity contribution in [1.29, 1.82) is 0 Å². The second kappa shape index (κ2) is 7.89. The molecule has 2 aliphatic rings. The third kappa shape index (κ3) is 4.00. The number of sulfonamides is 1. The molecule has 1 aliphatic carbocycles. The van der Waals surface area contributed by atoms with Crippen LogP contribution in [-0.4, -0.2) is 31.8 Å². The Morgan fingerprint density at radius 2 is 1.54 bits per heavy atom. The van der Waals surface area contributed by atoms with Crippen molar-refractivity contribution >= 4 is 33.1 Å². The number of ketones is 1. The summed E-state index contributed by atoms with van der Waals surface area (Å²) in [4.78, 5) is 26.9. The highest BCUT2D eigenvalue weighted by Crippen LogP contribution is 2.53. The van der Waals surface area contributed by atoms with Crippen molar-refractivity contribution in [1.82, 2.24) is 4.72 Å². The smallest absolute Gasteiger partial charge is 0.399 e. The summed E-state index contributed by atoms with van der Waals surface area (Å²) in [6, 6.07) is 8.40. The van der Waals surface area contributed by atoms with Gasteiger partial charge in [0.25, 0.3) is 5.91 Å². The third-order valence-electron chi connectivity index (χ3n) is 6.01. The van der Waals surface area contributed by atoms with Crippen LogP contribution in [0.2, 0.25) is 0 Å². The van der Waals surface area contributed by atoms with Crippen LogP contribution in [0, 0.1) is 11.2 Å². The molecule has 0 aromatic heterocycles. The summed E-state index contributed by atoms with van der Waals surface area (Å²) >= 11 is 0. The lowest BCUT2D eigenvalue weighted by molar-refractivity contribution is -0.184. The van der Waals surface area contributed by atoms with Crippen molar-refractivity contribution in [2.24, 2.45) is 5.41 Å². The topological polar surface area (TPSA) is 110 Å². The maximum Gasteiger partial charge on any atom is 0.421 e. The summed E-state index contributed by atoms with van der Waals surface area (Å²) in [5.41, 5.74) is -0.358. The van der Waals surface area contributed by atoms with Crippen LogP contribution in [0.4, 0.5) is 28.9 Å². The molecule has 35 heavy (non-hydrogen) atoms. The third-order valence-corrected chi connectivity index (χ3v) is 7.48. The van der Waals surface area contributed by atoms with E-state index < -0.39 is 55.1 Å². The number of nitrogens with two attached hydrogens (primary N) is 1. The number of hydrogen-bond acceptors (Lipinski definition) is 5. The fraction of sp³-hybridized carbons (Fsp3) is 0.304. The average Bonchev–Trinajstić information content (AvgIpc) is 2.96. The van der Waals surface area contributed by atoms with E-state index >= 15 is 0 Å². The molecule has 1 heterocycles. The van der Waals surface area contributed by atoms with Crippen LogP contribution in [0.3, 0.4) is 0 Å². The summed E-state index contributed by atoms with van der Waals surface area (Å²) in [6.45, 7) is 3.29. The van der Waals surface area contributed by atoms with Gasteiger partial charge in [-0.2, -0.15) is 17.9 Å². The van der Waals surface area contributed by atoms with Gasteiger partial charge < -0.3 is 5.73 Å². The van der Waals surface area contributed by atoms with Gasteiger partial charge in [0.2, 0.25) is 15.6 Å². The normalized spacial score (nSPS) is 22.5. The number of hydrogen-bond donors (Lipinski definition) is 2. The average molecular weight is 511 g/mol. The Morgan fingerprint density at radius 1 is 0.971 bits per heavy atom. The van der Waals surface area contributed by atoms with Gasteiger partial charge in [-0.3, -0.25) is 14.5 Å². The van der Waals surface area contributed by atoms with Crippen LogP contribution in [0.1, 0.15) is 26.7 Å². The van der Waals surface area contributed by atoms with Crippen LogP contribution in [0.15, 0.2) is 64.7 Å². The second-order valence-corrected chi connectivity index (χ2v) is 11.0. The summed E-state index contributed by atoms with van der Waals surface area (Å²) < 4.78 is 85.7. The molecule has 12 heteroatoms. The second-order valence-electron chi connectivity index (χ2n) is 9.30. The number of amides is 1. The molecule has 3 N–H and O–H groups in total. The van der Waals surface area contributed by atoms with Crippen molar-refractivity contribution in [2.45, 2.75) is 43.3 Å². The Hall–Kier alpha value is -3.25. The van der Waals surface area contributed by atoms with Gasteiger partial charge in [-0.1, -0.05) is 13.8 Å². The van der Waals surface area contributed by atoms with Crippen LogP contribution >= 0.6 is 0 Å². The van der Waals surface area contributed by atoms with Crippen LogP contribution in [0.25, 0.3) is 0 Å². The van der Waals surface area contributed by atoms with Crippen LogP contribution in [-0.2, 0) is 19.6 Å². The Labute approximate surface area is 198 Å². The number of alkyl halides is 3. The highest BCUT2D eigenvalue weighted by Gasteiger charge is 2.72. The fourth-order valence-electron chi connectivity index (χ4n) is 4.49. The van der Waals surface area contributed by atoms with Gasteiger partial charge >= 0.3 is 6.18 Å². The summed E-state index contributed by atoms with van der Waals surface area (Å²) in [7, 11) is -4.97. The molecule has 186 valence electrons. The van der Waals surface area contributed by atoms with Crippen molar-refractivity contribution in [3.05, 3.63) is 65.6 Å². The van der Waals surface area contributed by atoms with Gasteiger partial charge in [0, 0.05) is 23.5 Å². The van der Waals surface area contributed by atoms with Crippen molar-refractivity contribution in [3.63, 3.8) is 0 Å². The maximum absolute atomic E-state index is 14.8. The molecule has 7 nitrogen and oxygen atoms in total. The van der Waals surface area contributed by atoms with Crippen molar-refractivity contribution in [2.75, 3.05) is 10.6 Å². The molecule has 0 radical (unpaired) electrons. The zero-order valence-corrected chi connectivity index (χ0v) is 19.4. The van der Waals surface area contributed by atoms with Crippen molar-refractivity contribution in [3.8, 4) is 0 Å². The Morgan fingerprint density at radius 3 is 2.09 bits per heavy atom. The number of anilines is 2. The molecule has 0 fully saturated rings. The number of halogens is 4. The molecule has 0 saturated carbocycles. The number of rotatable bonds is 4. The zero-order valence-electron chi connectivity index (χ0n) is 18.6. The minimum atomic E-state index is -5.53. The zero-order chi connectivity index (χ0) is 26.0. The first-order valence-electron chi connectivity index (χ1n) is 10.4. The molecule has 2 aromatic rings. The number of nitrogens with zero attached hydrogens (tertiary/aromatic N) is 1. The van der Waals surface area contributed by atoms with Crippen LogP contribution in [0.5, 0.6) is 0 Å². The van der Waals surface area contributed by atoms with Gasteiger partial charge in [0.05, 0.1) is 10.5 Å². The fourth-order valence-corrected chi connectivity index (χ4v) is 5.81. The highest BCUT2D eigenvalue weighted by atomic mass is 32.2.